The predicted molar refractivity (Wildman–Crippen MR) is 119 cm³/mol. The Morgan fingerprint density at radius 3 is 2.61 bits per heavy atom. The van der Waals surface area contributed by atoms with Crippen LogP contribution in [0.3, 0.4) is 0 Å². The van der Waals surface area contributed by atoms with Gasteiger partial charge in [0, 0.05) is 18.3 Å². The van der Waals surface area contributed by atoms with E-state index in [1.54, 1.807) is 30.3 Å². The quantitative estimate of drug-likeness (QED) is 0.316. The predicted octanol–water partition coefficient (Wildman–Crippen LogP) is 2.44. The van der Waals surface area contributed by atoms with Gasteiger partial charge in [-0.2, -0.15) is 10.4 Å². The first-order valence-electron chi connectivity index (χ1n) is 9.90. The zero-order valence-corrected chi connectivity index (χ0v) is 17.2. The molecule has 2 heterocycles. The molecule has 0 saturated heterocycles. The number of hydrogen-bond donors (Lipinski definition) is 0. The molecule has 1 amide bonds. The van der Waals surface area contributed by atoms with Crippen molar-refractivity contribution in [3.8, 4) is 11.8 Å². The summed E-state index contributed by atoms with van der Waals surface area (Å²) in [5.41, 5.74) is 0.238. The summed E-state index contributed by atoms with van der Waals surface area (Å²) in [4.78, 5) is 42.5. The van der Waals surface area contributed by atoms with Crippen molar-refractivity contribution in [2.45, 2.75) is 13.0 Å². The van der Waals surface area contributed by atoms with E-state index < -0.39 is 10.5 Å². The Hall–Kier alpha value is -4.85. The van der Waals surface area contributed by atoms with Crippen LogP contribution >= 0.6 is 0 Å². The molecular weight excluding hydrogens is 426 g/mol. The highest BCUT2D eigenvalue weighted by Crippen LogP contribution is 2.24. The highest BCUT2D eigenvalue weighted by atomic mass is 16.6. The van der Waals surface area contributed by atoms with Crippen LogP contribution in [0.2, 0.25) is 0 Å². The third-order valence-electron chi connectivity index (χ3n) is 4.98. The molecule has 0 saturated carbocycles. The lowest BCUT2D eigenvalue weighted by molar-refractivity contribution is -0.384. The highest BCUT2D eigenvalue weighted by molar-refractivity contribution is 5.93. The summed E-state index contributed by atoms with van der Waals surface area (Å²) in [6.07, 6.45) is 2.62. The number of para-hydroxylation sites is 3. The molecule has 2 aromatic heterocycles. The van der Waals surface area contributed by atoms with Gasteiger partial charge in [0.15, 0.2) is 5.65 Å². The van der Waals surface area contributed by atoms with E-state index in [9.17, 15) is 19.7 Å². The Morgan fingerprint density at radius 2 is 1.88 bits per heavy atom. The van der Waals surface area contributed by atoms with Gasteiger partial charge in [0.25, 0.3) is 11.2 Å². The van der Waals surface area contributed by atoms with Crippen molar-refractivity contribution < 1.29 is 9.72 Å². The van der Waals surface area contributed by atoms with E-state index >= 15 is 0 Å². The van der Waals surface area contributed by atoms with Gasteiger partial charge in [0.05, 0.1) is 23.6 Å². The summed E-state index contributed by atoms with van der Waals surface area (Å²) in [6.45, 7) is -0.113. The number of nitro benzene ring substituents is 1. The number of nitriles is 1. The first-order valence-corrected chi connectivity index (χ1v) is 9.90. The van der Waals surface area contributed by atoms with E-state index in [0.29, 0.717) is 5.69 Å². The van der Waals surface area contributed by atoms with Gasteiger partial charge < -0.3 is 4.90 Å². The number of aromatic nitrogens is 4. The first-order chi connectivity index (χ1) is 16.0. The fourth-order valence-electron chi connectivity index (χ4n) is 3.43. The summed E-state index contributed by atoms with van der Waals surface area (Å²) in [5.74, 6) is -0.384. The number of anilines is 1. The summed E-state index contributed by atoms with van der Waals surface area (Å²) >= 11 is 0. The van der Waals surface area contributed by atoms with E-state index in [4.69, 9.17) is 5.26 Å². The Morgan fingerprint density at radius 1 is 1.15 bits per heavy atom. The van der Waals surface area contributed by atoms with Crippen molar-refractivity contribution in [1.29, 1.82) is 5.26 Å². The van der Waals surface area contributed by atoms with E-state index in [2.05, 4.69) is 10.1 Å². The fourth-order valence-corrected chi connectivity index (χ4v) is 3.43. The molecular formula is C22H17N7O4. The van der Waals surface area contributed by atoms with E-state index in [-0.39, 0.29) is 47.8 Å². The van der Waals surface area contributed by atoms with Gasteiger partial charge >= 0.3 is 0 Å². The molecule has 0 aliphatic heterocycles. The number of amides is 1. The maximum absolute atomic E-state index is 13.0. The zero-order chi connectivity index (χ0) is 23.4. The molecule has 0 bridgehead atoms. The lowest BCUT2D eigenvalue weighted by Crippen LogP contribution is -2.37. The average molecular weight is 443 g/mol. The normalized spacial score (nSPS) is 10.6. The van der Waals surface area contributed by atoms with Crippen LogP contribution in [0.25, 0.3) is 16.7 Å². The second-order valence-corrected chi connectivity index (χ2v) is 7.01. The molecule has 0 radical (unpaired) electrons. The molecule has 0 atom stereocenters. The number of nitro groups is 1. The number of carbonyl (C=O) groups is 1. The Balaban J connectivity index is 1.69. The number of fused-ring (bicyclic) bond motifs is 1. The molecule has 0 fully saturated rings. The van der Waals surface area contributed by atoms with Crippen molar-refractivity contribution in [3.05, 3.63) is 87.6 Å². The van der Waals surface area contributed by atoms with Gasteiger partial charge in [0.1, 0.15) is 23.9 Å². The molecule has 0 aliphatic carbocycles. The van der Waals surface area contributed by atoms with E-state index in [1.165, 1.54) is 40.3 Å². The Bertz CT molecular complexity index is 1440. The second-order valence-electron chi connectivity index (χ2n) is 7.01. The molecule has 0 aliphatic rings. The first kappa shape index (κ1) is 21.4. The molecule has 0 unspecified atom stereocenters. The van der Waals surface area contributed by atoms with Crippen molar-refractivity contribution in [2.75, 3.05) is 11.4 Å². The molecule has 164 valence electrons. The minimum absolute atomic E-state index is 0.117. The Labute approximate surface area is 186 Å². The van der Waals surface area contributed by atoms with E-state index in [0.717, 1.165) is 4.57 Å². The maximum atomic E-state index is 13.0. The average Bonchev–Trinajstić information content (AvgIpc) is 3.26. The van der Waals surface area contributed by atoms with Gasteiger partial charge in [-0.25, -0.2) is 9.67 Å². The van der Waals surface area contributed by atoms with Crippen LogP contribution in [0.5, 0.6) is 0 Å². The number of carbonyl (C=O) groups excluding carboxylic acids is 1. The van der Waals surface area contributed by atoms with Crippen LogP contribution in [0.4, 0.5) is 11.4 Å². The SMILES string of the molecule is N#CCCN(C(=O)Cn1cnc2c(cnn2-c2ccccc2[N+](=O)[O-])c1=O)c1ccccc1. The molecule has 2 aromatic carbocycles. The molecule has 11 nitrogen and oxygen atoms in total. The third-order valence-corrected chi connectivity index (χ3v) is 4.98. The van der Waals surface area contributed by atoms with Gasteiger partial charge in [-0.1, -0.05) is 30.3 Å². The van der Waals surface area contributed by atoms with Crippen LogP contribution in [-0.4, -0.2) is 36.7 Å². The third kappa shape index (κ3) is 4.17. The van der Waals surface area contributed by atoms with Gasteiger partial charge in [-0.3, -0.25) is 24.3 Å². The lowest BCUT2D eigenvalue weighted by Gasteiger charge is -2.22. The van der Waals surface area contributed by atoms with Crippen LogP contribution in [0, 0.1) is 21.4 Å². The van der Waals surface area contributed by atoms with Crippen molar-refractivity contribution in [1.82, 2.24) is 19.3 Å². The van der Waals surface area contributed by atoms with Crippen LogP contribution in [0.1, 0.15) is 6.42 Å². The second kappa shape index (κ2) is 9.11. The van der Waals surface area contributed by atoms with Crippen molar-refractivity contribution in [3.63, 3.8) is 0 Å². The van der Waals surface area contributed by atoms with Crippen LogP contribution in [0.15, 0.2) is 71.9 Å². The number of nitrogens with zero attached hydrogens (tertiary/aromatic N) is 7. The summed E-state index contributed by atoms with van der Waals surface area (Å²) in [5, 5.41) is 24.5. The zero-order valence-electron chi connectivity index (χ0n) is 17.2. The molecule has 4 aromatic rings. The monoisotopic (exact) mass is 443 g/mol. The number of rotatable bonds is 7. The molecule has 0 spiro atoms. The van der Waals surface area contributed by atoms with Gasteiger partial charge in [-0.15, -0.1) is 0 Å². The maximum Gasteiger partial charge on any atom is 0.294 e. The van der Waals surface area contributed by atoms with Gasteiger partial charge in [-0.05, 0) is 18.2 Å². The van der Waals surface area contributed by atoms with Crippen LogP contribution < -0.4 is 10.5 Å². The van der Waals surface area contributed by atoms with Crippen molar-refractivity contribution >= 4 is 28.3 Å². The summed E-state index contributed by atoms with van der Waals surface area (Å²) in [7, 11) is 0. The summed E-state index contributed by atoms with van der Waals surface area (Å²) < 4.78 is 2.38. The van der Waals surface area contributed by atoms with Crippen LogP contribution in [-0.2, 0) is 11.3 Å². The summed E-state index contributed by atoms with van der Waals surface area (Å²) in [6, 6.07) is 16.9. The Kier molecular flexibility index (Phi) is 5.90. The van der Waals surface area contributed by atoms with Gasteiger partial charge in [0.2, 0.25) is 5.91 Å². The lowest BCUT2D eigenvalue weighted by atomic mass is 10.2. The minimum atomic E-state index is -0.540. The van der Waals surface area contributed by atoms with Crippen molar-refractivity contribution in [2.24, 2.45) is 0 Å². The van der Waals surface area contributed by atoms with E-state index in [1.807, 2.05) is 12.1 Å². The standard InChI is InChI=1S/C22H17N7O4/c23-11-6-12-27(16-7-2-1-3-8-16)20(30)14-26-15-24-21-17(22(26)31)13-25-28(21)18-9-4-5-10-19(18)29(32)33/h1-5,7-10,13,15H,6,12,14H2. The highest BCUT2D eigenvalue weighted by Gasteiger charge is 2.21. The fraction of sp³-hybridized carbons (Fsp3) is 0.136. The molecule has 0 N–H and O–H groups in total. The molecule has 11 heteroatoms. The molecule has 4 rings (SSSR count). The number of benzene rings is 2. The molecule has 33 heavy (non-hydrogen) atoms. The smallest absolute Gasteiger partial charge is 0.294 e. The minimum Gasteiger partial charge on any atom is -0.310 e. The topological polar surface area (TPSA) is 140 Å². The number of hydrogen-bond acceptors (Lipinski definition) is 7. The largest absolute Gasteiger partial charge is 0.310 e.